The van der Waals surface area contributed by atoms with Crippen molar-refractivity contribution in [3.8, 4) is 0 Å². The van der Waals surface area contributed by atoms with E-state index >= 15 is 0 Å². The van der Waals surface area contributed by atoms with E-state index in [0.29, 0.717) is 55.2 Å². The van der Waals surface area contributed by atoms with Crippen LogP contribution in [0.25, 0.3) is 0 Å². The molecule has 0 aromatic heterocycles. The average Bonchev–Trinajstić information content (AvgIpc) is 3.16. The maximum Gasteiger partial charge on any atom is 0.409 e. The zero-order chi connectivity index (χ0) is 27.4. The third-order valence-electron chi connectivity index (χ3n) is 7.16. The minimum absolute atomic E-state index is 0.0289. The number of nitrogens with one attached hydrogen (secondary N) is 2. The molecule has 2 heterocycles. The maximum atomic E-state index is 13.8. The Labute approximate surface area is 222 Å². The number of carbonyl (C=O) groups is 3. The highest BCUT2D eigenvalue weighted by atomic mass is 19.1. The van der Waals surface area contributed by atoms with Gasteiger partial charge in [0, 0.05) is 31.7 Å². The summed E-state index contributed by atoms with van der Waals surface area (Å²) in [5.41, 5.74) is 0.654. The number of hydrogen-bond donors (Lipinski definition) is 2. The molecule has 0 bridgehead atoms. The van der Waals surface area contributed by atoms with Crippen molar-refractivity contribution >= 4 is 23.9 Å². The molecule has 202 valence electrons. The Morgan fingerprint density at radius 1 is 1.08 bits per heavy atom. The number of amides is 3. The second-order valence-electron chi connectivity index (χ2n) is 10.2. The second kappa shape index (κ2) is 11.2. The smallest absolute Gasteiger partial charge is 0.409 e. The molecule has 2 aliphatic heterocycles. The number of carbonyl (C=O) groups excluding carboxylic acids is 3. The predicted molar refractivity (Wildman–Crippen MR) is 140 cm³/mol. The Morgan fingerprint density at radius 3 is 2.37 bits per heavy atom. The van der Waals surface area contributed by atoms with Crippen molar-refractivity contribution in [3.05, 3.63) is 71.0 Å². The highest BCUT2D eigenvalue weighted by Gasteiger charge is 2.50. The quantitative estimate of drug-likeness (QED) is 0.578. The van der Waals surface area contributed by atoms with Crippen LogP contribution in [0.4, 0.5) is 9.18 Å². The molecule has 2 aromatic rings. The molecular weight excluding hydrogens is 489 g/mol. The minimum Gasteiger partial charge on any atom is -0.453 e. The number of rotatable bonds is 7. The molecule has 38 heavy (non-hydrogen) atoms. The summed E-state index contributed by atoms with van der Waals surface area (Å²) in [6.45, 7) is 5.83. The van der Waals surface area contributed by atoms with E-state index in [1.807, 2.05) is 6.07 Å². The molecule has 9 nitrogen and oxygen atoms in total. The van der Waals surface area contributed by atoms with E-state index in [1.165, 1.54) is 24.1 Å². The first-order valence-electron chi connectivity index (χ1n) is 12.8. The van der Waals surface area contributed by atoms with Gasteiger partial charge in [0.25, 0.3) is 11.8 Å². The number of halogens is 1. The van der Waals surface area contributed by atoms with Crippen molar-refractivity contribution in [2.75, 3.05) is 33.3 Å². The molecule has 2 saturated heterocycles. The topological polar surface area (TPSA) is 106 Å². The summed E-state index contributed by atoms with van der Waals surface area (Å²) in [4.78, 5) is 43.3. The summed E-state index contributed by atoms with van der Waals surface area (Å²) < 4.78 is 18.4. The van der Waals surface area contributed by atoms with Gasteiger partial charge in [0.1, 0.15) is 11.4 Å². The van der Waals surface area contributed by atoms with Gasteiger partial charge in [-0.25, -0.2) is 9.18 Å². The van der Waals surface area contributed by atoms with Crippen LogP contribution in [0.2, 0.25) is 0 Å². The Kier molecular flexibility index (Phi) is 7.99. The molecular formula is C28H34FN5O4. The molecule has 2 aliphatic rings. The highest BCUT2D eigenvalue weighted by Crippen LogP contribution is 2.35. The second-order valence-corrected chi connectivity index (χ2v) is 10.2. The number of piperazine rings is 1. The Morgan fingerprint density at radius 2 is 1.74 bits per heavy atom. The molecule has 0 aliphatic carbocycles. The van der Waals surface area contributed by atoms with Crippen LogP contribution < -0.4 is 5.32 Å². The van der Waals surface area contributed by atoms with Crippen LogP contribution in [0.15, 0.2) is 48.5 Å². The van der Waals surface area contributed by atoms with Gasteiger partial charge < -0.3 is 19.9 Å². The predicted octanol–water partition coefficient (Wildman–Crippen LogP) is 3.55. The largest absolute Gasteiger partial charge is 0.453 e. The van der Waals surface area contributed by atoms with Crippen molar-refractivity contribution in [2.24, 2.45) is 5.92 Å². The third kappa shape index (κ3) is 5.49. The molecule has 10 heteroatoms. The van der Waals surface area contributed by atoms with Gasteiger partial charge in [-0.05, 0) is 54.2 Å². The van der Waals surface area contributed by atoms with Crippen molar-refractivity contribution in [1.82, 2.24) is 20.0 Å². The fraction of sp³-hybridized carbons (Fsp3) is 0.429. The Balaban J connectivity index is 1.51. The normalized spacial score (nSPS) is 19.7. The summed E-state index contributed by atoms with van der Waals surface area (Å²) in [5, 5.41) is 11.7. The average molecular weight is 524 g/mol. The molecule has 0 spiro atoms. The van der Waals surface area contributed by atoms with Crippen molar-refractivity contribution in [2.45, 2.75) is 38.8 Å². The van der Waals surface area contributed by atoms with Crippen LogP contribution >= 0.6 is 0 Å². The van der Waals surface area contributed by atoms with E-state index in [9.17, 15) is 18.8 Å². The van der Waals surface area contributed by atoms with E-state index in [2.05, 4.69) is 19.2 Å². The monoisotopic (exact) mass is 523 g/mol. The SMILES string of the molecule is COC(=O)N1CCN(C(=O)c2cccc(CN3C(=N)NC(CCC(C)C)(c4ccc(F)cc4)C3=O)c2)CC1. The van der Waals surface area contributed by atoms with Gasteiger partial charge in [0.05, 0.1) is 13.7 Å². The first kappa shape index (κ1) is 27.1. The number of nitrogens with zero attached hydrogens (tertiary/aromatic N) is 3. The van der Waals surface area contributed by atoms with Gasteiger partial charge in [-0.2, -0.15) is 0 Å². The zero-order valence-electron chi connectivity index (χ0n) is 22.0. The molecule has 2 aromatic carbocycles. The summed E-state index contributed by atoms with van der Waals surface area (Å²) in [5.74, 6) is -0.514. The molecule has 0 radical (unpaired) electrons. The third-order valence-corrected chi connectivity index (χ3v) is 7.16. The standard InChI is InChI=1S/C28H34FN5O4/c1-19(2)11-12-28(22-7-9-23(29)10-8-22)25(36)34(26(30)31-28)18-20-5-4-6-21(17-20)24(35)32-13-15-33(16-14-32)27(37)38-3/h4-10,17,19H,11-16,18H2,1-3H3,(H2,30,31). The summed E-state index contributed by atoms with van der Waals surface area (Å²) in [7, 11) is 1.33. The molecule has 1 unspecified atom stereocenters. The molecule has 4 rings (SSSR count). The van der Waals surface area contributed by atoms with E-state index in [0.717, 1.165) is 6.42 Å². The maximum absolute atomic E-state index is 13.8. The van der Waals surface area contributed by atoms with Crippen LogP contribution in [0.3, 0.4) is 0 Å². The minimum atomic E-state index is -1.15. The number of benzene rings is 2. The lowest BCUT2D eigenvalue weighted by Crippen LogP contribution is -2.50. The number of guanidine groups is 1. The molecule has 1 atom stereocenters. The van der Waals surface area contributed by atoms with Crippen LogP contribution in [0, 0.1) is 17.1 Å². The molecule has 2 N–H and O–H groups in total. The lowest BCUT2D eigenvalue weighted by molar-refractivity contribution is -0.132. The van der Waals surface area contributed by atoms with Gasteiger partial charge in [-0.1, -0.05) is 38.1 Å². The van der Waals surface area contributed by atoms with Gasteiger partial charge in [-0.3, -0.25) is 19.9 Å². The number of ether oxygens (including phenoxy) is 1. The summed E-state index contributed by atoms with van der Waals surface area (Å²) in [6, 6.07) is 12.9. The lowest BCUT2D eigenvalue weighted by atomic mass is 9.83. The molecule has 3 amide bonds. The highest BCUT2D eigenvalue weighted by molar-refractivity contribution is 6.08. The van der Waals surface area contributed by atoms with E-state index < -0.39 is 17.4 Å². The summed E-state index contributed by atoms with van der Waals surface area (Å²) >= 11 is 0. The fourth-order valence-corrected chi connectivity index (χ4v) is 4.94. The van der Waals surface area contributed by atoms with Crippen molar-refractivity contribution in [3.63, 3.8) is 0 Å². The van der Waals surface area contributed by atoms with Crippen LogP contribution in [-0.2, 0) is 21.6 Å². The first-order chi connectivity index (χ1) is 18.1. The number of hydrogen-bond acceptors (Lipinski definition) is 5. The number of methoxy groups -OCH3 is 1. The first-order valence-corrected chi connectivity index (χ1v) is 12.8. The van der Waals surface area contributed by atoms with Crippen LogP contribution in [-0.4, -0.2) is 71.9 Å². The van der Waals surface area contributed by atoms with Gasteiger partial charge in [0.2, 0.25) is 0 Å². The van der Waals surface area contributed by atoms with E-state index in [4.69, 9.17) is 10.1 Å². The summed E-state index contributed by atoms with van der Waals surface area (Å²) in [6.07, 6.45) is 0.796. The van der Waals surface area contributed by atoms with Crippen molar-refractivity contribution in [1.29, 1.82) is 5.41 Å². The Hall–Kier alpha value is -3.95. The van der Waals surface area contributed by atoms with E-state index in [1.54, 1.807) is 40.1 Å². The fourth-order valence-electron chi connectivity index (χ4n) is 4.94. The van der Waals surface area contributed by atoms with E-state index in [-0.39, 0.29) is 24.3 Å². The Bertz CT molecular complexity index is 1210. The van der Waals surface area contributed by atoms with Crippen molar-refractivity contribution < 1.29 is 23.5 Å². The zero-order valence-corrected chi connectivity index (χ0v) is 22.0. The lowest BCUT2D eigenvalue weighted by Gasteiger charge is -2.34. The van der Waals surface area contributed by atoms with Crippen LogP contribution in [0.5, 0.6) is 0 Å². The van der Waals surface area contributed by atoms with Gasteiger partial charge in [0.15, 0.2) is 5.96 Å². The molecule has 0 saturated carbocycles. The molecule has 2 fully saturated rings. The van der Waals surface area contributed by atoms with Crippen LogP contribution in [0.1, 0.15) is 48.2 Å². The van der Waals surface area contributed by atoms with Gasteiger partial charge >= 0.3 is 6.09 Å². The van der Waals surface area contributed by atoms with Gasteiger partial charge in [-0.15, -0.1) is 0 Å².